The lowest BCUT2D eigenvalue weighted by atomic mass is 10.00. The molecule has 1 aliphatic rings. The molecule has 1 N–H and O–H groups in total. The number of rotatable bonds is 6. The molecular weight excluding hydrogens is 250 g/mol. The molecule has 1 heterocycles. The summed E-state index contributed by atoms with van der Waals surface area (Å²) in [5.41, 5.74) is 2.56. The molecule has 0 radical (unpaired) electrons. The van der Waals surface area contributed by atoms with Crippen LogP contribution in [-0.2, 0) is 17.6 Å². The Balaban J connectivity index is 1.91. The van der Waals surface area contributed by atoms with Crippen molar-refractivity contribution in [1.29, 1.82) is 0 Å². The largest absolute Gasteiger partial charge is 0.493 e. The van der Waals surface area contributed by atoms with Gasteiger partial charge in [-0.2, -0.15) is 0 Å². The summed E-state index contributed by atoms with van der Waals surface area (Å²) in [6, 6.07) is 6.53. The maximum Gasteiger partial charge on any atom is 0.223 e. The van der Waals surface area contributed by atoms with Crippen molar-refractivity contribution < 1.29 is 9.53 Å². The molecule has 0 aromatic heterocycles. The van der Waals surface area contributed by atoms with Crippen LogP contribution in [0.3, 0.4) is 0 Å². The zero-order valence-corrected chi connectivity index (χ0v) is 12.7. The maximum atomic E-state index is 12.1. The van der Waals surface area contributed by atoms with Crippen LogP contribution in [0.1, 0.15) is 44.7 Å². The van der Waals surface area contributed by atoms with Crippen molar-refractivity contribution in [3.05, 3.63) is 29.3 Å². The molecule has 20 heavy (non-hydrogen) atoms. The number of carbonyl (C=O) groups excluding carboxylic acids is 1. The van der Waals surface area contributed by atoms with Crippen molar-refractivity contribution in [3.8, 4) is 5.75 Å². The van der Waals surface area contributed by atoms with E-state index >= 15 is 0 Å². The molecule has 1 amide bonds. The lowest BCUT2D eigenvalue weighted by Crippen LogP contribution is -2.38. The van der Waals surface area contributed by atoms with Crippen LogP contribution in [-0.4, -0.2) is 18.6 Å². The minimum atomic E-state index is 0.144. The summed E-state index contributed by atoms with van der Waals surface area (Å²) < 4.78 is 5.51. The maximum absolute atomic E-state index is 12.1. The molecular formula is C17H25NO2. The van der Waals surface area contributed by atoms with Gasteiger partial charge in [0.05, 0.1) is 6.61 Å². The van der Waals surface area contributed by atoms with E-state index in [0.29, 0.717) is 0 Å². The van der Waals surface area contributed by atoms with Crippen LogP contribution in [0.25, 0.3) is 0 Å². The summed E-state index contributed by atoms with van der Waals surface area (Å²) in [5, 5.41) is 3.13. The Morgan fingerprint density at radius 2 is 2.10 bits per heavy atom. The highest BCUT2D eigenvalue weighted by Gasteiger charge is 2.17. The second kappa shape index (κ2) is 6.78. The van der Waals surface area contributed by atoms with E-state index in [4.69, 9.17) is 4.74 Å². The highest BCUT2D eigenvalue weighted by molar-refractivity contribution is 5.78. The predicted octanol–water partition coefficient (Wildman–Crippen LogP) is 3.10. The van der Waals surface area contributed by atoms with Crippen molar-refractivity contribution in [2.45, 2.75) is 52.5 Å². The summed E-state index contributed by atoms with van der Waals surface area (Å²) in [6.07, 6.45) is 3.69. The standard InChI is InChI=1S/C17H25NO2/c1-4-14(5-2)17(19)18-12(3)10-13-6-7-16-15(11-13)8-9-20-16/h6-7,11-12,14H,4-5,8-10H2,1-3H3,(H,18,19). The number of carbonyl (C=O) groups is 1. The van der Waals surface area contributed by atoms with Crippen LogP contribution in [0.2, 0.25) is 0 Å². The fourth-order valence-electron chi connectivity index (χ4n) is 2.79. The smallest absolute Gasteiger partial charge is 0.223 e. The van der Waals surface area contributed by atoms with Crippen molar-refractivity contribution in [3.63, 3.8) is 0 Å². The van der Waals surface area contributed by atoms with E-state index in [0.717, 1.165) is 38.0 Å². The summed E-state index contributed by atoms with van der Waals surface area (Å²) in [6.45, 7) is 7.00. The van der Waals surface area contributed by atoms with Gasteiger partial charge in [-0.15, -0.1) is 0 Å². The van der Waals surface area contributed by atoms with Crippen LogP contribution in [0.5, 0.6) is 5.75 Å². The van der Waals surface area contributed by atoms with Gasteiger partial charge in [0, 0.05) is 18.4 Å². The van der Waals surface area contributed by atoms with E-state index in [1.807, 2.05) is 6.07 Å². The van der Waals surface area contributed by atoms with Gasteiger partial charge in [0.25, 0.3) is 0 Å². The number of amides is 1. The molecule has 110 valence electrons. The Bertz CT molecular complexity index is 466. The van der Waals surface area contributed by atoms with Crippen LogP contribution in [0.15, 0.2) is 18.2 Å². The van der Waals surface area contributed by atoms with Gasteiger partial charge in [-0.05, 0) is 43.4 Å². The van der Waals surface area contributed by atoms with E-state index in [2.05, 4.69) is 38.2 Å². The second-order valence-electron chi connectivity index (χ2n) is 5.67. The second-order valence-corrected chi connectivity index (χ2v) is 5.67. The number of fused-ring (bicyclic) bond motifs is 1. The summed E-state index contributed by atoms with van der Waals surface area (Å²) in [7, 11) is 0. The number of benzene rings is 1. The first-order valence-corrected chi connectivity index (χ1v) is 7.69. The molecule has 0 saturated carbocycles. The minimum Gasteiger partial charge on any atom is -0.493 e. The van der Waals surface area contributed by atoms with Gasteiger partial charge in [-0.25, -0.2) is 0 Å². The van der Waals surface area contributed by atoms with Crippen molar-refractivity contribution in [2.24, 2.45) is 5.92 Å². The van der Waals surface area contributed by atoms with Crippen LogP contribution in [0, 0.1) is 5.92 Å². The summed E-state index contributed by atoms with van der Waals surface area (Å²) >= 11 is 0. The number of hydrogen-bond donors (Lipinski definition) is 1. The molecule has 0 spiro atoms. The van der Waals surface area contributed by atoms with Gasteiger partial charge < -0.3 is 10.1 Å². The third-order valence-electron chi connectivity index (χ3n) is 4.04. The predicted molar refractivity (Wildman–Crippen MR) is 81.0 cm³/mol. The Morgan fingerprint density at radius 1 is 1.35 bits per heavy atom. The fraction of sp³-hybridized carbons (Fsp3) is 0.588. The topological polar surface area (TPSA) is 38.3 Å². The lowest BCUT2D eigenvalue weighted by molar-refractivity contribution is -0.125. The first-order chi connectivity index (χ1) is 9.63. The SMILES string of the molecule is CCC(CC)C(=O)NC(C)Cc1ccc2c(c1)CCO2. The molecule has 1 aliphatic heterocycles. The molecule has 0 saturated heterocycles. The monoisotopic (exact) mass is 275 g/mol. The van der Waals surface area contributed by atoms with Gasteiger partial charge in [-0.1, -0.05) is 26.0 Å². The average molecular weight is 275 g/mol. The number of ether oxygens (including phenoxy) is 1. The van der Waals surface area contributed by atoms with Gasteiger partial charge in [0.1, 0.15) is 5.75 Å². The van der Waals surface area contributed by atoms with E-state index in [-0.39, 0.29) is 17.9 Å². The zero-order chi connectivity index (χ0) is 14.5. The van der Waals surface area contributed by atoms with Gasteiger partial charge in [-0.3, -0.25) is 4.79 Å². The van der Waals surface area contributed by atoms with Crippen molar-refractivity contribution in [1.82, 2.24) is 5.32 Å². The van der Waals surface area contributed by atoms with Crippen LogP contribution >= 0.6 is 0 Å². The quantitative estimate of drug-likeness (QED) is 0.866. The van der Waals surface area contributed by atoms with E-state index in [1.54, 1.807) is 0 Å². The Labute approximate surface area is 121 Å². The lowest BCUT2D eigenvalue weighted by Gasteiger charge is -2.18. The fourth-order valence-corrected chi connectivity index (χ4v) is 2.79. The normalized spacial score (nSPS) is 14.8. The van der Waals surface area contributed by atoms with Gasteiger partial charge in [0.2, 0.25) is 5.91 Å². The number of hydrogen-bond acceptors (Lipinski definition) is 2. The molecule has 1 aromatic rings. The summed E-state index contributed by atoms with van der Waals surface area (Å²) in [5.74, 6) is 1.35. The van der Waals surface area contributed by atoms with Crippen LogP contribution < -0.4 is 10.1 Å². The molecule has 1 aromatic carbocycles. The van der Waals surface area contributed by atoms with Crippen molar-refractivity contribution in [2.75, 3.05) is 6.61 Å². The Hall–Kier alpha value is -1.51. The molecule has 1 atom stereocenters. The highest BCUT2D eigenvalue weighted by Crippen LogP contribution is 2.26. The minimum absolute atomic E-state index is 0.144. The van der Waals surface area contributed by atoms with Crippen LogP contribution in [0.4, 0.5) is 0 Å². The highest BCUT2D eigenvalue weighted by atomic mass is 16.5. The first-order valence-electron chi connectivity index (χ1n) is 7.69. The Kier molecular flexibility index (Phi) is 5.05. The van der Waals surface area contributed by atoms with Gasteiger partial charge in [0.15, 0.2) is 0 Å². The molecule has 0 fully saturated rings. The van der Waals surface area contributed by atoms with Gasteiger partial charge >= 0.3 is 0 Å². The van der Waals surface area contributed by atoms with E-state index in [1.165, 1.54) is 11.1 Å². The number of nitrogens with one attached hydrogen (secondary N) is 1. The first kappa shape index (κ1) is 14.9. The Morgan fingerprint density at radius 3 is 2.80 bits per heavy atom. The molecule has 0 bridgehead atoms. The molecule has 3 nitrogen and oxygen atoms in total. The van der Waals surface area contributed by atoms with Crippen molar-refractivity contribution >= 4 is 5.91 Å². The third-order valence-corrected chi connectivity index (χ3v) is 4.04. The molecule has 1 unspecified atom stereocenters. The average Bonchev–Trinajstić information content (AvgIpc) is 2.87. The summed E-state index contributed by atoms with van der Waals surface area (Å²) in [4.78, 5) is 12.1. The van der Waals surface area contributed by atoms with E-state index in [9.17, 15) is 4.79 Å². The zero-order valence-electron chi connectivity index (χ0n) is 12.7. The molecule has 2 rings (SSSR count). The third kappa shape index (κ3) is 3.53. The molecule has 3 heteroatoms. The van der Waals surface area contributed by atoms with E-state index < -0.39 is 0 Å². The molecule has 0 aliphatic carbocycles.